The Morgan fingerprint density at radius 1 is 0.593 bits per heavy atom. The monoisotopic (exact) mass is 360 g/mol. The number of carbonyl (C=O) groups excluding carboxylic acids is 2. The van der Waals surface area contributed by atoms with E-state index >= 15 is 0 Å². The van der Waals surface area contributed by atoms with Gasteiger partial charge in [-0.2, -0.15) is 0 Å². The SMILES string of the molecule is Cc1cccc(OC(=O)c2ccccc2C(=O)Oc2cc(C)cc(C)c2)c1. The van der Waals surface area contributed by atoms with E-state index in [0.717, 1.165) is 16.7 Å². The molecule has 0 aromatic heterocycles. The maximum Gasteiger partial charge on any atom is 0.344 e. The molecule has 0 unspecified atom stereocenters. The zero-order valence-corrected chi connectivity index (χ0v) is 15.5. The van der Waals surface area contributed by atoms with Crippen molar-refractivity contribution in [2.75, 3.05) is 0 Å². The summed E-state index contributed by atoms with van der Waals surface area (Å²) in [4.78, 5) is 25.2. The van der Waals surface area contributed by atoms with E-state index in [1.807, 2.05) is 32.9 Å². The molecule has 0 atom stereocenters. The quantitative estimate of drug-likeness (QED) is 0.482. The molecule has 0 fully saturated rings. The summed E-state index contributed by atoms with van der Waals surface area (Å²) in [6.07, 6.45) is 0. The van der Waals surface area contributed by atoms with Crippen molar-refractivity contribution < 1.29 is 19.1 Å². The summed E-state index contributed by atoms with van der Waals surface area (Å²) in [7, 11) is 0. The highest BCUT2D eigenvalue weighted by Gasteiger charge is 2.20. The van der Waals surface area contributed by atoms with Gasteiger partial charge in [-0.25, -0.2) is 9.59 Å². The number of aryl methyl sites for hydroxylation is 3. The summed E-state index contributed by atoms with van der Waals surface area (Å²) < 4.78 is 10.9. The minimum atomic E-state index is -0.603. The molecule has 0 saturated carbocycles. The third-order valence-corrected chi connectivity index (χ3v) is 3.97. The lowest BCUT2D eigenvalue weighted by Crippen LogP contribution is -2.17. The van der Waals surface area contributed by atoms with Crippen LogP contribution < -0.4 is 9.47 Å². The Hall–Kier alpha value is -3.40. The molecule has 136 valence electrons. The van der Waals surface area contributed by atoms with E-state index in [0.29, 0.717) is 11.5 Å². The van der Waals surface area contributed by atoms with Gasteiger partial charge in [0.2, 0.25) is 0 Å². The first-order valence-corrected chi connectivity index (χ1v) is 8.61. The van der Waals surface area contributed by atoms with Crippen molar-refractivity contribution in [3.8, 4) is 11.5 Å². The van der Waals surface area contributed by atoms with Crippen LogP contribution in [0.5, 0.6) is 11.5 Å². The third-order valence-electron chi connectivity index (χ3n) is 3.97. The van der Waals surface area contributed by atoms with Gasteiger partial charge in [0.05, 0.1) is 11.1 Å². The van der Waals surface area contributed by atoms with Crippen molar-refractivity contribution in [3.05, 3.63) is 94.5 Å². The number of esters is 2. The molecule has 0 amide bonds. The van der Waals surface area contributed by atoms with Crippen molar-refractivity contribution in [2.45, 2.75) is 20.8 Å². The van der Waals surface area contributed by atoms with Gasteiger partial charge in [0.15, 0.2) is 0 Å². The maximum atomic E-state index is 12.6. The molecule has 0 bridgehead atoms. The lowest BCUT2D eigenvalue weighted by atomic mass is 10.1. The molecule has 0 N–H and O–H groups in total. The molecule has 3 aromatic carbocycles. The second-order valence-corrected chi connectivity index (χ2v) is 6.46. The summed E-state index contributed by atoms with van der Waals surface area (Å²) >= 11 is 0. The third kappa shape index (κ3) is 4.61. The van der Waals surface area contributed by atoms with Gasteiger partial charge >= 0.3 is 11.9 Å². The molecule has 0 saturated heterocycles. The molecule has 27 heavy (non-hydrogen) atoms. The Labute approximate surface area is 158 Å². The van der Waals surface area contributed by atoms with Crippen molar-refractivity contribution >= 4 is 11.9 Å². The van der Waals surface area contributed by atoms with E-state index < -0.39 is 11.9 Å². The summed E-state index contributed by atoms with van der Waals surface area (Å²) in [6, 6.07) is 19.2. The van der Waals surface area contributed by atoms with Crippen LogP contribution in [0, 0.1) is 20.8 Å². The van der Waals surface area contributed by atoms with Crippen LogP contribution in [0.1, 0.15) is 37.4 Å². The highest BCUT2D eigenvalue weighted by atomic mass is 16.5. The highest BCUT2D eigenvalue weighted by molar-refractivity contribution is 6.04. The van der Waals surface area contributed by atoms with E-state index in [-0.39, 0.29) is 11.1 Å². The second-order valence-electron chi connectivity index (χ2n) is 6.46. The predicted molar refractivity (Wildman–Crippen MR) is 103 cm³/mol. The minimum Gasteiger partial charge on any atom is -0.423 e. The first kappa shape index (κ1) is 18.4. The molecule has 0 aliphatic rings. The Morgan fingerprint density at radius 2 is 1.11 bits per heavy atom. The van der Waals surface area contributed by atoms with Crippen molar-refractivity contribution in [2.24, 2.45) is 0 Å². The van der Waals surface area contributed by atoms with Crippen LogP contribution in [0.3, 0.4) is 0 Å². The first-order valence-electron chi connectivity index (χ1n) is 8.61. The lowest BCUT2D eigenvalue weighted by Gasteiger charge is -2.10. The molecular formula is C23H20O4. The Balaban J connectivity index is 1.84. The van der Waals surface area contributed by atoms with Gasteiger partial charge in [0.25, 0.3) is 0 Å². The van der Waals surface area contributed by atoms with Gasteiger partial charge in [0, 0.05) is 0 Å². The van der Waals surface area contributed by atoms with Gasteiger partial charge in [-0.15, -0.1) is 0 Å². The second kappa shape index (κ2) is 7.87. The Bertz CT molecular complexity index is 985. The smallest absolute Gasteiger partial charge is 0.344 e. The molecule has 3 aromatic rings. The topological polar surface area (TPSA) is 52.6 Å². The first-order chi connectivity index (χ1) is 12.9. The fraction of sp³-hybridized carbons (Fsp3) is 0.130. The molecular weight excluding hydrogens is 340 g/mol. The number of hydrogen-bond donors (Lipinski definition) is 0. The van der Waals surface area contributed by atoms with Gasteiger partial charge < -0.3 is 9.47 Å². The number of ether oxygens (including phenoxy) is 2. The van der Waals surface area contributed by atoms with Gasteiger partial charge in [-0.3, -0.25) is 0 Å². The molecule has 0 spiro atoms. The highest BCUT2D eigenvalue weighted by Crippen LogP contribution is 2.20. The van der Waals surface area contributed by atoms with Crippen LogP contribution in [-0.2, 0) is 0 Å². The van der Waals surface area contributed by atoms with Crippen LogP contribution in [0.4, 0.5) is 0 Å². The number of rotatable bonds is 4. The zero-order chi connectivity index (χ0) is 19.4. The average Bonchev–Trinajstić information content (AvgIpc) is 2.60. The lowest BCUT2D eigenvalue weighted by molar-refractivity contribution is 0.0692. The van der Waals surface area contributed by atoms with Gasteiger partial charge in [-0.05, 0) is 73.9 Å². The fourth-order valence-corrected chi connectivity index (χ4v) is 2.83. The van der Waals surface area contributed by atoms with Crippen LogP contribution in [-0.4, -0.2) is 11.9 Å². The number of benzene rings is 3. The number of carbonyl (C=O) groups is 2. The van der Waals surface area contributed by atoms with Gasteiger partial charge in [-0.1, -0.05) is 30.3 Å². The molecule has 0 aliphatic carbocycles. The molecule has 0 radical (unpaired) electrons. The van der Waals surface area contributed by atoms with Crippen LogP contribution in [0.2, 0.25) is 0 Å². The minimum absolute atomic E-state index is 0.161. The van der Waals surface area contributed by atoms with Crippen molar-refractivity contribution in [1.29, 1.82) is 0 Å². The van der Waals surface area contributed by atoms with E-state index in [2.05, 4.69) is 0 Å². The molecule has 4 nitrogen and oxygen atoms in total. The van der Waals surface area contributed by atoms with Crippen molar-refractivity contribution in [1.82, 2.24) is 0 Å². The van der Waals surface area contributed by atoms with Gasteiger partial charge in [0.1, 0.15) is 11.5 Å². The van der Waals surface area contributed by atoms with E-state index in [9.17, 15) is 9.59 Å². The summed E-state index contributed by atoms with van der Waals surface area (Å²) in [6.45, 7) is 5.77. The van der Waals surface area contributed by atoms with Crippen LogP contribution in [0.25, 0.3) is 0 Å². The normalized spacial score (nSPS) is 10.3. The molecule has 0 heterocycles. The molecule has 0 aliphatic heterocycles. The molecule has 4 heteroatoms. The largest absolute Gasteiger partial charge is 0.423 e. The predicted octanol–water partition coefficient (Wildman–Crippen LogP) is 5.05. The maximum absolute atomic E-state index is 12.6. The van der Waals surface area contributed by atoms with E-state index in [4.69, 9.17) is 9.47 Å². The van der Waals surface area contributed by atoms with Crippen molar-refractivity contribution in [3.63, 3.8) is 0 Å². The fourth-order valence-electron chi connectivity index (χ4n) is 2.83. The zero-order valence-electron chi connectivity index (χ0n) is 15.5. The van der Waals surface area contributed by atoms with E-state index in [1.165, 1.54) is 0 Å². The summed E-state index contributed by atoms with van der Waals surface area (Å²) in [5.74, 6) is -0.331. The molecule has 3 rings (SSSR count). The standard InChI is InChI=1S/C23H20O4/c1-15-7-6-8-18(12-15)26-22(24)20-9-4-5-10-21(20)23(25)27-19-13-16(2)11-17(3)14-19/h4-14H,1-3H3. The Kier molecular flexibility index (Phi) is 5.36. The number of hydrogen-bond acceptors (Lipinski definition) is 4. The van der Waals surface area contributed by atoms with Crippen LogP contribution in [0.15, 0.2) is 66.7 Å². The summed E-state index contributed by atoms with van der Waals surface area (Å²) in [5, 5.41) is 0. The summed E-state index contributed by atoms with van der Waals surface area (Å²) in [5.41, 5.74) is 3.28. The van der Waals surface area contributed by atoms with E-state index in [1.54, 1.807) is 54.6 Å². The van der Waals surface area contributed by atoms with Crippen LogP contribution >= 0.6 is 0 Å². The average molecular weight is 360 g/mol. The Morgan fingerprint density at radius 3 is 1.67 bits per heavy atom.